The second-order valence-corrected chi connectivity index (χ2v) is 6.54. The van der Waals surface area contributed by atoms with E-state index >= 15 is 0 Å². The van der Waals surface area contributed by atoms with Crippen LogP contribution in [0.5, 0.6) is 0 Å². The number of carbonyl (C=O) groups is 1. The monoisotopic (exact) mass is 323 g/mol. The first-order valence-corrected chi connectivity index (χ1v) is 8.75. The minimum absolute atomic E-state index is 0.0418. The lowest BCUT2D eigenvalue weighted by molar-refractivity contribution is -0.150. The van der Waals surface area contributed by atoms with Gasteiger partial charge in [-0.3, -0.25) is 4.79 Å². The van der Waals surface area contributed by atoms with Crippen LogP contribution in [-0.2, 0) is 16.1 Å². The van der Waals surface area contributed by atoms with E-state index in [1.165, 1.54) is 5.56 Å². The molecule has 3 rings (SSSR count). The maximum Gasteiger partial charge on any atom is 0.310 e. The third-order valence-electron chi connectivity index (χ3n) is 4.81. The number of benzene rings is 2. The Morgan fingerprint density at radius 1 is 1.08 bits per heavy atom. The molecule has 2 aromatic carbocycles. The van der Waals surface area contributed by atoms with E-state index in [4.69, 9.17) is 4.74 Å². The number of hydrogen-bond acceptors (Lipinski definition) is 3. The minimum atomic E-state index is -0.0749. The molecule has 126 valence electrons. The van der Waals surface area contributed by atoms with E-state index < -0.39 is 0 Å². The molecular weight excluding hydrogens is 298 g/mol. The SMILES string of the molecule is C[C@@H](N[C@@H]1CCC[C@@H]1C(=O)OCc1ccccc1)c1ccccc1. The van der Waals surface area contributed by atoms with E-state index in [0.717, 1.165) is 24.8 Å². The number of nitrogens with one attached hydrogen (secondary N) is 1. The molecule has 0 spiro atoms. The lowest BCUT2D eigenvalue weighted by atomic mass is 10.0. The summed E-state index contributed by atoms with van der Waals surface area (Å²) in [6.45, 7) is 2.51. The lowest BCUT2D eigenvalue weighted by Crippen LogP contribution is -2.38. The fourth-order valence-corrected chi connectivity index (χ4v) is 3.44. The van der Waals surface area contributed by atoms with Crippen LogP contribution in [0.25, 0.3) is 0 Å². The molecule has 3 nitrogen and oxygen atoms in total. The van der Waals surface area contributed by atoms with Gasteiger partial charge in [0.05, 0.1) is 5.92 Å². The van der Waals surface area contributed by atoms with Gasteiger partial charge in [0, 0.05) is 12.1 Å². The van der Waals surface area contributed by atoms with Gasteiger partial charge in [0.2, 0.25) is 0 Å². The number of rotatable bonds is 6. The average molecular weight is 323 g/mol. The van der Waals surface area contributed by atoms with Crippen molar-refractivity contribution < 1.29 is 9.53 Å². The molecule has 0 bridgehead atoms. The Balaban J connectivity index is 1.55. The van der Waals surface area contributed by atoms with Gasteiger partial charge in [-0.15, -0.1) is 0 Å². The Kier molecular flexibility index (Phi) is 5.65. The molecule has 1 saturated carbocycles. The number of carbonyl (C=O) groups excluding carboxylic acids is 1. The van der Waals surface area contributed by atoms with E-state index in [1.807, 2.05) is 48.5 Å². The zero-order valence-electron chi connectivity index (χ0n) is 14.2. The van der Waals surface area contributed by atoms with Crippen LogP contribution in [0.1, 0.15) is 43.4 Å². The van der Waals surface area contributed by atoms with Gasteiger partial charge in [-0.25, -0.2) is 0 Å². The topological polar surface area (TPSA) is 38.3 Å². The van der Waals surface area contributed by atoms with Gasteiger partial charge in [0.1, 0.15) is 6.61 Å². The normalized spacial score (nSPS) is 21.4. The van der Waals surface area contributed by atoms with E-state index in [-0.39, 0.29) is 24.0 Å². The number of hydrogen-bond donors (Lipinski definition) is 1. The van der Waals surface area contributed by atoms with Crippen molar-refractivity contribution in [2.75, 3.05) is 0 Å². The van der Waals surface area contributed by atoms with Gasteiger partial charge >= 0.3 is 5.97 Å². The molecular formula is C21H25NO2. The van der Waals surface area contributed by atoms with Gasteiger partial charge in [-0.1, -0.05) is 67.1 Å². The Hall–Kier alpha value is -2.13. The zero-order chi connectivity index (χ0) is 16.8. The van der Waals surface area contributed by atoms with E-state index in [0.29, 0.717) is 6.61 Å². The molecule has 1 aliphatic carbocycles. The summed E-state index contributed by atoms with van der Waals surface area (Å²) in [6.07, 6.45) is 3.01. The van der Waals surface area contributed by atoms with Crippen molar-refractivity contribution in [1.29, 1.82) is 0 Å². The summed E-state index contributed by atoms with van der Waals surface area (Å²) in [5, 5.41) is 3.62. The quantitative estimate of drug-likeness (QED) is 0.808. The largest absolute Gasteiger partial charge is 0.461 e. The standard InChI is InChI=1S/C21H25NO2/c1-16(18-11-6-3-7-12-18)22-20-14-8-13-19(20)21(23)24-15-17-9-4-2-5-10-17/h2-7,9-12,16,19-20,22H,8,13-15H2,1H3/t16-,19+,20-/m1/s1. The minimum Gasteiger partial charge on any atom is -0.461 e. The molecule has 0 radical (unpaired) electrons. The number of esters is 1. The molecule has 0 aromatic heterocycles. The van der Waals surface area contributed by atoms with Crippen molar-refractivity contribution in [3.8, 4) is 0 Å². The van der Waals surface area contributed by atoms with Crippen LogP contribution in [0.3, 0.4) is 0 Å². The van der Waals surface area contributed by atoms with Crippen LogP contribution >= 0.6 is 0 Å². The summed E-state index contributed by atoms with van der Waals surface area (Å²) in [6, 6.07) is 20.6. The summed E-state index contributed by atoms with van der Waals surface area (Å²) < 4.78 is 5.55. The zero-order valence-corrected chi connectivity index (χ0v) is 14.2. The molecule has 0 unspecified atom stereocenters. The van der Waals surface area contributed by atoms with Crippen molar-refractivity contribution in [1.82, 2.24) is 5.32 Å². The van der Waals surface area contributed by atoms with E-state index in [9.17, 15) is 4.79 Å². The predicted molar refractivity (Wildman–Crippen MR) is 95.4 cm³/mol. The molecule has 3 heteroatoms. The molecule has 0 aliphatic heterocycles. The molecule has 0 heterocycles. The third-order valence-corrected chi connectivity index (χ3v) is 4.81. The maximum atomic E-state index is 12.5. The Labute approximate surface area is 144 Å². The van der Waals surface area contributed by atoms with Crippen LogP contribution in [0.4, 0.5) is 0 Å². The summed E-state index contributed by atoms with van der Waals surface area (Å²) in [5.41, 5.74) is 2.28. The summed E-state index contributed by atoms with van der Waals surface area (Å²) in [5.74, 6) is -0.117. The highest BCUT2D eigenvalue weighted by Gasteiger charge is 2.34. The van der Waals surface area contributed by atoms with E-state index in [2.05, 4.69) is 24.4 Å². The maximum absolute atomic E-state index is 12.5. The third kappa shape index (κ3) is 4.24. The highest BCUT2D eigenvalue weighted by atomic mass is 16.5. The summed E-state index contributed by atoms with van der Waals surface area (Å²) in [7, 11) is 0. The average Bonchev–Trinajstić information content (AvgIpc) is 3.09. The van der Waals surface area contributed by atoms with Crippen molar-refractivity contribution in [3.05, 3.63) is 71.8 Å². The Morgan fingerprint density at radius 2 is 1.75 bits per heavy atom. The van der Waals surface area contributed by atoms with Crippen molar-refractivity contribution in [2.45, 2.75) is 44.9 Å². The molecule has 0 saturated heterocycles. The summed E-state index contributed by atoms with van der Waals surface area (Å²) >= 11 is 0. The van der Waals surface area contributed by atoms with E-state index in [1.54, 1.807) is 0 Å². The van der Waals surface area contributed by atoms with Gasteiger partial charge in [0.15, 0.2) is 0 Å². The number of ether oxygens (including phenoxy) is 1. The molecule has 1 fully saturated rings. The van der Waals surface area contributed by atoms with Crippen LogP contribution < -0.4 is 5.32 Å². The Bertz CT molecular complexity index is 641. The molecule has 0 amide bonds. The summed E-state index contributed by atoms with van der Waals surface area (Å²) in [4.78, 5) is 12.5. The highest BCUT2D eigenvalue weighted by molar-refractivity contribution is 5.73. The first-order valence-electron chi connectivity index (χ1n) is 8.75. The lowest BCUT2D eigenvalue weighted by Gasteiger charge is -2.24. The van der Waals surface area contributed by atoms with Crippen LogP contribution in [0, 0.1) is 5.92 Å². The fourth-order valence-electron chi connectivity index (χ4n) is 3.44. The second kappa shape index (κ2) is 8.11. The van der Waals surface area contributed by atoms with Crippen LogP contribution in [0.15, 0.2) is 60.7 Å². The van der Waals surface area contributed by atoms with Gasteiger partial charge in [-0.05, 0) is 30.9 Å². The molecule has 24 heavy (non-hydrogen) atoms. The Morgan fingerprint density at radius 3 is 2.46 bits per heavy atom. The van der Waals surface area contributed by atoms with Crippen LogP contribution in [-0.4, -0.2) is 12.0 Å². The first kappa shape index (κ1) is 16.7. The van der Waals surface area contributed by atoms with Gasteiger partial charge < -0.3 is 10.1 Å². The van der Waals surface area contributed by atoms with Gasteiger partial charge in [-0.2, -0.15) is 0 Å². The first-order chi connectivity index (χ1) is 11.7. The van der Waals surface area contributed by atoms with Crippen molar-refractivity contribution in [3.63, 3.8) is 0 Å². The molecule has 1 N–H and O–H groups in total. The second-order valence-electron chi connectivity index (χ2n) is 6.54. The predicted octanol–water partition coefficient (Wildman–Crippen LogP) is 4.25. The molecule has 3 atom stereocenters. The highest BCUT2D eigenvalue weighted by Crippen LogP contribution is 2.29. The van der Waals surface area contributed by atoms with Crippen LogP contribution in [0.2, 0.25) is 0 Å². The van der Waals surface area contributed by atoms with Gasteiger partial charge in [0.25, 0.3) is 0 Å². The van der Waals surface area contributed by atoms with Crippen molar-refractivity contribution >= 4 is 5.97 Å². The molecule has 1 aliphatic rings. The smallest absolute Gasteiger partial charge is 0.310 e. The molecule has 2 aromatic rings. The fraction of sp³-hybridized carbons (Fsp3) is 0.381. The van der Waals surface area contributed by atoms with Crippen molar-refractivity contribution in [2.24, 2.45) is 5.92 Å².